The average molecular weight is 244 g/mol. The molecule has 2 nitrogen and oxygen atoms in total. The molecule has 0 N–H and O–H groups in total. The predicted molar refractivity (Wildman–Crippen MR) is 79.3 cm³/mol. The highest BCUT2D eigenvalue weighted by molar-refractivity contribution is 6.22. The second-order valence-electron chi connectivity index (χ2n) is 4.79. The van der Waals surface area contributed by atoms with Gasteiger partial charge in [0.1, 0.15) is 0 Å². The first-order valence-corrected chi connectivity index (χ1v) is 6.37. The van der Waals surface area contributed by atoms with E-state index in [9.17, 15) is 0 Å². The normalized spacial score (nSPS) is 11.4. The van der Waals surface area contributed by atoms with Crippen LogP contribution in [-0.2, 0) is 0 Å². The largest absolute Gasteiger partial charge is 0.254 e. The molecule has 0 fully saturated rings. The van der Waals surface area contributed by atoms with Crippen LogP contribution >= 0.6 is 0 Å². The second-order valence-corrected chi connectivity index (χ2v) is 4.79. The van der Waals surface area contributed by atoms with Crippen LogP contribution in [0.15, 0.2) is 54.7 Å². The molecule has 0 radical (unpaired) electrons. The van der Waals surface area contributed by atoms with Gasteiger partial charge >= 0.3 is 0 Å². The molecule has 19 heavy (non-hydrogen) atoms. The Hall–Kier alpha value is -2.48. The first-order chi connectivity index (χ1) is 9.34. The van der Waals surface area contributed by atoms with Crippen molar-refractivity contribution in [2.24, 2.45) is 0 Å². The van der Waals surface area contributed by atoms with Gasteiger partial charge in [-0.3, -0.25) is 9.97 Å². The fourth-order valence-electron chi connectivity index (χ4n) is 2.72. The molecule has 2 aromatic carbocycles. The third-order valence-corrected chi connectivity index (χ3v) is 3.57. The van der Waals surface area contributed by atoms with Crippen LogP contribution in [0.3, 0.4) is 0 Å². The molecule has 0 aliphatic heterocycles. The maximum Gasteiger partial charge on any atom is 0.0974 e. The zero-order chi connectivity index (χ0) is 12.8. The number of pyridine rings is 2. The van der Waals surface area contributed by atoms with Gasteiger partial charge in [-0.2, -0.15) is 0 Å². The highest BCUT2D eigenvalue weighted by atomic mass is 14.7. The van der Waals surface area contributed by atoms with Gasteiger partial charge < -0.3 is 0 Å². The van der Waals surface area contributed by atoms with E-state index in [1.165, 1.54) is 21.5 Å². The molecule has 4 aromatic rings. The highest BCUT2D eigenvalue weighted by Gasteiger charge is 2.09. The van der Waals surface area contributed by atoms with Crippen LogP contribution in [0, 0.1) is 6.92 Å². The average Bonchev–Trinajstić information content (AvgIpc) is 2.47. The van der Waals surface area contributed by atoms with Crippen molar-refractivity contribution in [2.75, 3.05) is 0 Å². The molecule has 0 aliphatic rings. The fraction of sp³-hybridized carbons (Fsp3) is 0.0588. The summed E-state index contributed by atoms with van der Waals surface area (Å²) in [6.45, 7) is 2.02. The van der Waals surface area contributed by atoms with E-state index < -0.39 is 0 Å². The number of aryl methyl sites for hydroxylation is 1. The van der Waals surface area contributed by atoms with Gasteiger partial charge in [0, 0.05) is 22.7 Å². The standard InChI is InChI=1S/C17H12N2/c1-11-8-9-15-13-6-3-2-5-12(13)14-7-4-10-18-16(14)17(15)19-11/h2-10H,1H3. The second kappa shape index (κ2) is 3.75. The van der Waals surface area contributed by atoms with Crippen LogP contribution < -0.4 is 0 Å². The number of hydrogen-bond donors (Lipinski definition) is 0. The van der Waals surface area contributed by atoms with E-state index in [0.717, 1.165) is 16.7 Å². The van der Waals surface area contributed by atoms with Crippen LogP contribution in [0.4, 0.5) is 0 Å². The molecule has 0 saturated heterocycles. The first kappa shape index (κ1) is 10.4. The molecule has 0 amide bonds. The lowest BCUT2D eigenvalue weighted by atomic mass is 10.00. The molecule has 0 unspecified atom stereocenters. The third-order valence-electron chi connectivity index (χ3n) is 3.57. The molecule has 0 atom stereocenters. The summed E-state index contributed by atoms with van der Waals surface area (Å²) in [4.78, 5) is 9.23. The molecule has 0 spiro atoms. The van der Waals surface area contributed by atoms with Gasteiger partial charge in [0.25, 0.3) is 0 Å². The number of nitrogens with zero attached hydrogens (tertiary/aromatic N) is 2. The molecular weight excluding hydrogens is 232 g/mol. The summed E-state index contributed by atoms with van der Waals surface area (Å²) in [6, 6.07) is 16.8. The number of fused-ring (bicyclic) bond motifs is 6. The van der Waals surface area contributed by atoms with Gasteiger partial charge in [0.15, 0.2) is 0 Å². The Bertz CT molecular complexity index is 891. The van der Waals surface area contributed by atoms with Gasteiger partial charge in [0.2, 0.25) is 0 Å². The lowest BCUT2D eigenvalue weighted by molar-refractivity contribution is 1.26. The summed E-state index contributed by atoms with van der Waals surface area (Å²) in [5.41, 5.74) is 3.00. The maximum absolute atomic E-state index is 4.69. The first-order valence-electron chi connectivity index (χ1n) is 6.37. The molecular formula is C17H12N2. The third kappa shape index (κ3) is 1.43. The van der Waals surface area contributed by atoms with E-state index in [1.807, 2.05) is 19.2 Å². The van der Waals surface area contributed by atoms with E-state index in [4.69, 9.17) is 4.98 Å². The van der Waals surface area contributed by atoms with Crippen LogP contribution in [0.25, 0.3) is 32.6 Å². The van der Waals surface area contributed by atoms with Crippen molar-refractivity contribution in [3.8, 4) is 0 Å². The molecule has 0 aliphatic carbocycles. The van der Waals surface area contributed by atoms with E-state index >= 15 is 0 Å². The lowest BCUT2D eigenvalue weighted by Gasteiger charge is -2.08. The zero-order valence-corrected chi connectivity index (χ0v) is 10.6. The van der Waals surface area contributed by atoms with Crippen LogP contribution in [-0.4, -0.2) is 9.97 Å². The van der Waals surface area contributed by atoms with Crippen LogP contribution in [0.5, 0.6) is 0 Å². The van der Waals surface area contributed by atoms with Gasteiger partial charge in [-0.25, -0.2) is 0 Å². The van der Waals surface area contributed by atoms with Crippen molar-refractivity contribution < 1.29 is 0 Å². The van der Waals surface area contributed by atoms with E-state index in [2.05, 4.69) is 47.4 Å². The van der Waals surface area contributed by atoms with E-state index in [-0.39, 0.29) is 0 Å². The summed E-state index contributed by atoms with van der Waals surface area (Å²) >= 11 is 0. The SMILES string of the molecule is Cc1ccc2c3ccccc3c3cccnc3c2n1. The minimum Gasteiger partial charge on any atom is -0.254 e. The van der Waals surface area contributed by atoms with Crippen molar-refractivity contribution in [1.82, 2.24) is 9.97 Å². The summed E-state index contributed by atoms with van der Waals surface area (Å²) in [7, 11) is 0. The molecule has 0 saturated carbocycles. The number of rotatable bonds is 0. The van der Waals surface area contributed by atoms with Crippen molar-refractivity contribution in [1.29, 1.82) is 0 Å². The highest BCUT2D eigenvalue weighted by Crippen LogP contribution is 2.32. The van der Waals surface area contributed by atoms with Gasteiger partial charge in [0.05, 0.1) is 11.0 Å². The summed E-state index contributed by atoms with van der Waals surface area (Å²) in [5, 5.41) is 4.82. The van der Waals surface area contributed by atoms with Crippen molar-refractivity contribution in [3.63, 3.8) is 0 Å². The molecule has 4 rings (SSSR count). The molecule has 2 heterocycles. The topological polar surface area (TPSA) is 25.8 Å². The Balaban J connectivity index is 2.43. The monoisotopic (exact) mass is 244 g/mol. The Labute approximate surface area is 110 Å². The van der Waals surface area contributed by atoms with E-state index in [0.29, 0.717) is 0 Å². The lowest BCUT2D eigenvalue weighted by Crippen LogP contribution is -1.89. The maximum atomic E-state index is 4.69. The minimum atomic E-state index is 0.986. The van der Waals surface area contributed by atoms with Crippen molar-refractivity contribution >= 4 is 32.6 Å². The molecule has 2 heteroatoms. The predicted octanol–water partition coefficient (Wildman–Crippen LogP) is 4.24. The summed E-state index contributed by atoms with van der Waals surface area (Å²) in [6.07, 6.45) is 1.83. The quantitative estimate of drug-likeness (QED) is 0.432. The van der Waals surface area contributed by atoms with Crippen LogP contribution in [0.2, 0.25) is 0 Å². The van der Waals surface area contributed by atoms with Gasteiger partial charge in [-0.05, 0) is 29.8 Å². The minimum absolute atomic E-state index is 0.986. The summed E-state index contributed by atoms with van der Waals surface area (Å²) in [5.74, 6) is 0. The summed E-state index contributed by atoms with van der Waals surface area (Å²) < 4.78 is 0. The van der Waals surface area contributed by atoms with Crippen LogP contribution in [0.1, 0.15) is 5.69 Å². The van der Waals surface area contributed by atoms with Crippen molar-refractivity contribution in [2.45, 2.75) is 6.92 Å². The Morgan fingerprint density at radius 1 is 0.684 bits per heavy atom. The zero-order valence-electron chi connectivity index (χ0n) is 10.6. The number of benzene rings is 2. The molecule has 90 valence electrons. The molecule has 0 bridgehead atoms. The van der Waals surface area contributed by atoms with E-state index in [1.54, 1.807) is 0 Å². The van der Waals surface area contributed by atoms with Gasteiger partial charge in [-0.15, -0.1) is 0 Å². The number of aromatic nitrogens is 2. The van der Waals surface area contributed by atoms with Gasteiger partial charge in [-0.1, -0.05) is 36.4 Å². The fourth-order valence-corrected chi connectivity index (χ4v) is 2.72. The Morgan fingerprint density at radius 2 is 1.37 bits per heavy atom. The Kier molecular flexibility index (Phi) is 2.06. The smallest absolute Gasteiger partial charge is 0.0974 e. The Morgan fingerprint density at radius 3 is 2.16 bits per heavy atom. The number of hydrogen-bond acceptors (Lipinski definition) is 2. The van der Waals surface area contributed by atoms with Crippen molar-refractivity contribution in [3.05, 3.63) is 60.4 Å². The molecule has 2 aromatic heterocycles.